The molecule has 0 saturated carbocycles. The third-order valence-corrected chi connectivity index (χ3v) is 3.89. The van der Waals surface area contributed by atoms with Gasteiger partial charge in [0.05, 0.1) is 13.2 Å². The van der Waals surface area contributed by atoms with Gasteiger partial charge in [-0.2, -0.15) is 9.36 Å². The number of anilines is 2. The lowest BCUT2D eigenvalue weighted by Crippen LogP contribution is -2.45. The van der Waals surface area contributed by atoms with Crippen molar-refractivity contribution in [3.63, 3.8) is 0 Å². The number of ether oxygens (including phenoxy) is 1. The molecule has 7 heteroatoms. The summed E-state index contributed by atoms with van der Waals surface area (Å²) in [5.74, 6) is 1.49. The summed E-state index contributed by atoms with van der Waals surface area (Å²) >= 11 is 1.46. The van der Waals surface area contributed by atoms with Crippen molar-refractivity contribution in [2.75, 3.05) is 56.2 Å². The monoisotopic (exact) mass is 255 g/mol. The van der Waals surface area contributed by atoms with Crippen LogP contribution >= 0.6 is 11.5 Å². The van der Waals surface area contributed by atoms with Crippen LogP contribution in [0.5, 0.6) is 0 Å². The Balaban J connectivity index is 1.53. The molecule has 0 atom stereocenters. The van der Waals surface area contributed by atoms with E-state index in [1.54, 1.807) is 0 Å². The summed E-state index contributed by atoms with van der Waals surface area (Å²) < 4.78 is 9.66. The second kappa shape index (κ2) is 5.16. The van der Waals surface area contributed by atoms with Crippen LogP contribution in [0.1, 0.15) is 0 Å². The Morgan fingerprint density at radius 2 is 2.24 bits per heavy atom. The second-order valence-corrected chi connectivity index (χ2v) is 5.14. The zero-order valence-corrected chi connectivity index (χ0v) is 10.5. The molecule has 0 amide bonds. The number of nitrogens with one attached hydrogen (secondary N) is 2. The molecule has 1 aromatic heterocycles. The van der Waals surface area contributed by atoms with Crippen LogP contribution in [0.3, 0.4) is 0 Å². The maximum atomic E-state index is 5.32. The topological polar surface area (TPSA) is 62.3 Å². The summed E-state index contributed by atoms with van der Waals surface area (Å²) in [5, 5.41) is 7.55. The average Bonchev–Trinajstić information content (AvgIpc) is 2.77. The summed E-state index contributed by atoms with van der Waals surface area (Å²) in [7, 11) is 0. The van der Waals surface area contributed by atoms with E-state index in [0.29, 0.717) is 0 Å². The first kappa shape index (κ1) is 11.2. The van der Waals surface area contributed by atoms with E-state index in [0.717, 1.165) is 62.9 Å². The van der Waals surface area contributed by atoms with Crippen LogP contribution in [-0.4, -0.2) is 55.3 Å². The first-order valence-corrected chi connectivity index (χ1v) is 6.80. The molecule has 0 spiro atoms. The molecule has 0 bridgehead atoms. The third kappa shape index (κ3) is 2.67. The fraction of sp³-hybridized carbons (Fsp3) is 0.800. The maximum Gasteiger partial charge on any atom is 0.236 e. The van der Waals surface area contributed by atoms with Gasteiger partial charge in [0.15, 0.2) is 0 Å². The standard InChI is InChI=1S/C10H17N5OS/c1-3-16-4-2-15(1)10-13-9(14-17-10)12-7-8-5-11-6-8/h8,11H,1-7H2,(H,12,14). The molecule has 0 radical (unpaired) electrons. The van der Waals surface area contributed by atoms with Crippen LogP contribution in [0.2, 0.25) is 0 Å². The summed E-state index contributed by atoms with van der Waals surface area (Å²) in [6, 6.07) is 0. The van der Waals surface area contributed by atoms with Gasteiger partial charge in [-0.1, -0.05) is 0 Å². The van der Waals surface area contributed by atoms with Crippen molar-refractivity contribution in [1.29, 1.82) is 0 Å². The largest absolute Gasteiger partial charge is 0.378 e. The van der Waals surface area contributed by atoms with E-state index in [4.69, 9.17) is 4.74 Å². The Morgan fingerprint density at radius 1 is 1.41 bits per heavy atom. The minimum atomic E-state index is 0.727. The van der Waals surface area contributed by atoms with Crippen LogP contribution in [0.4, 0.5) is 11.1 Å². The van der Waals surface area contributed by atoms with E-state index in [-0.39, 0.29) is 0 Å². The predicted molar refractivity (Wildman–Crippen MR) is 67.8 cm³/mol. The quantitative estimate of drug-likeness (QED) is 0.790. The van der Waals surface area contributed by atoms with Crippen molar-refractivity contribution in [2.45, 2.75) is 0 Å². The molecule has 0 aliphatic carbocycles. The predicted octanol–water partition coefficient (Wildman–Crippen LogP) is 0.00600. The van der Waals surface area contributed by atoms with Crippen molar-refractivity contribution in [3.05, 3.63) is 0 Å². The van der Waals surface area contributed by atoms with E-state index < -0.39 is 0 Å². The van der Waals surface area contributed by atoms with Gasteiger partial charge in [-0.05, 0) is 0 Å². The second-order valence-electron chi connectivity index (χ2n) is 4.41. The lowest BCUT2D eigenvalue weighted by atomic mass is 10.0. The van der Waals surface area contributed by atoms with Crippen molar-refractivity contribution in [2.24, 2.45) is 5.92 Å². The minimum absolute atomic E-state index is 0.727. The summed E-state index contributed by atoms with van der Waals surface area (Å²) in [6.45, 7) is 6.59. The highest BCUT2D eigenvalue weighted by molar-refractivity contribution is 7.09. The molecule has 1 aromatic rings. The van der Waals surface area contributed by atoms with Crippen molar-refractivity contribution in [3.8, 4) is 0 Å². The summed E-state index contributed by atoms with van der Waals surface area (Å²) in [5.41, 5.74) is 0. The van der Waals surface area contributed by atoms with E-state index >= 15 is 0 Å². The molecule has 2 N–H and O–H groups in total. The minimum Gasteiger partial charge on any atom is -0.378 e. The molecule has 0 unspecified atom stereocenters. The van der Waals surface area contributed by atoms with Crippen LogP contribution < -0.4 is 15.5 Å². The average molecular weight is 255 g/mol. The Labute approximate surface area is 105 Å². The van der Waals surface area contributed by atoms with Gasteiger partial charge >= 0.3 is 0 Å². The molecule has 6 nitrogen and oxygen atoms in total. The van der Waals surface area contributed by atoms with E-state index in [9.17, 15) is 0 Å². The Bertz CT molecular complexity index is 361. The Hall–Kier alpha value is -0.920. The zero-order valence-electron chi connectivity index (χ0n) is 9.69. The SMILES string of the molecule is C1CN(c2nc(NCC3CNC3)ns2)CCO1. The van der Waals surface area contributed by atoms with Gasteiger partial charge in [0.1, 0.15) is 0 Å². The van der Waals surface area contributed by atoms with E-state index in [1.807, 2.05) is 0 Å². The smallest absolute Gasteiger partial charge is 0.236 e. The lowest BCUT2D eigenvalue weighted by Gasteiger charge is -2.27. The number of rotatable bonds is 4. The van der Waals surface area contributed by atoms with Gasteiger partial charge in [0.25, 0.3) is 0 Å². The molecular formula is C10H17N5OS. The molecule has 17 heavy (non-hydrogen) atoms. The van der Waals surface area contributed by atoms with Crippen molar-refractivity contribution < 1.29 is 4.74 Å². The first-order chi connectivity index (χ1) is 8.42. The maximum absolute atomic E-state index is 5.32. The molecule has 3 rings (SSSR count). The zero-order chi connectivity index (χ0) is 11.5. The highest BCUT2D eigenvalue weighted by atomic mass is 32.1. The molecule has 2 saturated heterocycles. The molecule has 2 aliphatic rings. The van der Waals surface area contributed by atoms with Crippen LogP contribution in [-0.2, 0) is 4.74 Å². The Kier molecular flexibility index (Phi) is 3.39. The highest BCUT2D eigenvalue weighted by Crippen LogP contribution is 2.20. The third-order valence-electron chi connectivity index (χ3n) is 3.11. The number of nitrogens with zero attached hydrogens (tertiary/aromatic N) is 3. The van der Waals surface area contributed by atoms with Crippen LogP contribution in [0, 0.1) is 5.92 Å². The van der Waals surface area contributed by atoms with Gasteiger partial charge in [0, 0.05) is 50.2 Å². The summed E-state index contributed by atoms with van der Waals surface area (Å²) in [6.07, 6.45) is 0. The molecular weight excluding hydrogens is 238 g/mol. The van der Waals surface area contributed by atoms with Gasteiger partial charge < -0.3 is 20.3 Å². The Morgan fingerprint density at radius 3 is 2.94 bits per heavy atom. The lowest BCUT2D eigenvalue weighted by molar-refractivity contribution is 0.122. The molecule has 3 heterocycles. The number of aromatic nitrogens is 2. The van der Waals surface area contributed by atoms with E-state index in [2.05, 4.69) is 24.9 Å². The van der Waals surface area contributed by atoms with Crippen LogP contribution in [0.15, 0.2) is 0 Å². The van der Waals surface area contributed by atoms with Crippen molar-refractivity contribution >= 4 is 22.6 Å². The van der Waals surface area contributed by atoms with E-state index in [1.165, 1.54) is 11.5 Å². The molecule has 0 aromatic carbocycles. The van der Waals surface area contributed by atoms with Gasteiger partial charge in [-0.15, -0.1) is 0 Å². The fourth-order valence-electron chi connectivity index (χ4n) is 1.90. The summed E-state index contributed by atoms with van der Waals surface area (Å²) in [4.78, 5) is 6.74. The fourth-order valence-corrected chi connectivity index (χ4v) is 2.60. The van der Waals surface area contributed by atoms with Gasteiger partial charge in [-0.3, -0.25) is 0 Å². The molecule has 94 valence electrons. The van der Waals surface area contributed by atoms with Crippen molar-refractivity contribution in [1.82, 2.24) is 14.7 Å². The first-order valence-electron chi connectivity index (χ1n) is 6.03. The molecule has 2 fully saturated rings. The molecule has 2 aliphatic heterocycles. The number of hydrogen-bond donors (Lipinski definition) is 2. The number of hydrogen-bond acceptors (Lipinski definition) is 7. The highest BCUT2D eigenvalue weighted by Gasteiger charge is 2.18. The van der Waals surface area contributed by atoms with Gasteiger partial charge in [-0.25, -0.2) is 0 Å². The van der Waals surface area contributed by atoms with Crippen LogP contribution in [0.25, 0.3) is 0 Å². The normalized spacial score (nSPS) is 21.3. The van der Waals surface area contributed by atoms with Gasteiger partial charge in [0.2, 0.25) is 11.1 Å². The number of morpholine rings is 1.